The molecule has 3 N–H and O–H groups in total. The number of aliphatic hydroxyl groups excluding tert-OH is 1. The molecule has 2 rings (SSSR count). The molecule has 8 heteroatoms. The maximum absolute atomic E-state index is 13.2. The number of hydrogen-bond acceptors (Lipinski definition) is 4. The number of nitrogen functional groups attached to an aromatic ring is 1. The zero-order chi connectivity index (χ0) is 14.2. The second kappa shape index (κ2) is 5.35. The van der Waals surface area contributed by atoms with E-state index < -0.39 is 21.9 Å². The van der Waals surface area contributed by atoms with Crippen LogP contribution < -0.4 is 5.73 Å². The summed E-state index contributed by atoms with van der Waals surface area (Å²) in [6.07, 6.45) is 0.507. The second-order valence-corrected chi connectivity index (χ2v) is 7.22. The molecule has 0 aromatic heterocycles. The lowest BCUT2D eigenvalue weighted by molar-refractivity contribution is 0.108. The van der Waals surface area contributed by atoms with E-state index >= 15 is 0 Å². The van der Waals surface area contributed by atoms with E-state index in [1.54, 1.807) is 0 Å². The summed E-state index contributed by atoms with van der Waals surface area (Å²) in [5.41, 5.74) is 5.19. The minimum absolute atomic E-state index is 0.0477. The summed E-state index contributed by atoms with van der Waals surface area (Å²) in [5, 5.41) is 9.56. The molecule has 1 heterocycles. The van der Waals surface area contributed by atoms with Crippen LogP contribution in [0.1, 0.15) is 12.8 Å². The molecule has 106 valence electrons. The van der Waals surface area contributed by atoms with Crippen molar-refractivity contribution in [2.75, 3.05) is 18.8 Å². The maximum Gasteiger partial charge on any atom is 0.244 e. The number of nitrogens with two attached hydrogens (primary N) is 1. The standard InChI is InChI=1S/C11H14BrFN2O3S/c12-8-4-9(13)10(14)5-11(8)19(17,18)15-3-1-2-7(16)6-15/h4-5,7,16H,1-3,6,14H2/t7-/m0/s1. The lowest BCUT2D eigenvalue weighted by Crippen LogP contribution is -2.42. The Morgan fingerprint density at radius 3 is 2.79 bits per heavy atom. The van der Waals surface area contributed by atoms with Crippen molar-refractivity contribution in [2.24, 2.45) is 0 Å². The number of anilines is 1. The van der Waals surface area contributed by atoms with Gasteiger partial charge in [-0.1, -0.05) is 0 Å². The number of aliphatic hydroxyl groups is 1. The van der Waals surface area contributed by atoms with Crippen molar-refractivity contribution < 1.29 is 17.9 Å². The van der Waals surface area contributed by atoms with E-state index in [2.05, 4.69) is 15.9 Å². The highest BCUT2D eigenvalue weighted by molar-refractivity contribution is 9.10. The van der Waals surface area contributed by atoms with Crippen LogP contribution in [-0.2, 0) is 10.0 Å². The number of nitrogens with zero attached hydrogens (tertiary/aromatic N) is 1. The summed E-state index contributed by atoms with van der Waals surface area (Å²) >= 11 is 3.03. The molecule has 0 unspecified atom stereocenters. The lowest BCUT2D eigenvalue weighted by atomic mass is 10.1. The van der Waals surface area contributed by atoms with Gasteiger partial charge in [-0.2, -0.15) is 4.31 Å². The van der Waals surface area contributed by atoms with Crippen LogP contribution in [0, 0.1) is 5.82 Å². The van der Waals surface area contributed by atoms with Crippen molar-refractivity contribution in [2.45, 2.75) is 23.8 Å². The van der Waals surface area contributed by atoms with E-state index in [0.717, 1.165) is 12.1 Å². The molecule has 0 bridgehead atoms. The van der Waals surface area contributed by atoms with E-state index in [1.807, 2.05) is 0 Å². The minimum atomic E-state index is -3.79. The summed E-state index contributed by atoms with van der Waals surface area (Å²) < 4.78 is 39.4. The first-order valence-corrected chi connectivity index (χ1v) is 7.98. The van der Waals surface area contributed by atoms with Crippen LogP contribution in [-0.4, -0.2) is 37.0 Å². The molecule has 0 saturated carbocycles. The van der Waals surface area contributed by atoms with Crippen molar-refractivity contribution in [3.63, 3.8) is 0 Å². The summed E-state index contributed by atoms with van der Waals surface area (Å²) in [4.78, 5) is -0.0829. The van der Waals surface area contributed by atoms with E-state index in [0.29, 0.717) is 19.4 Å². The predicted molar refractivity (Wildman–Crippen MR) is 72.5 cm³/mol. The van der Waals surface area contributed by atoms with Crippen LogP contribution in [0.5, 0.6) is 0 Å². The Kier molecular flexibility index (Phi) is 4.14. The SMILES string of the molecule is Nc1cc(S(=O)(=O)N2CCC[C@H](O)C2)c(Br)cc1F. The van der Waals surface area contributed by atoms with Gasteiger partial charge < -0.3 is 10.8 Å². The van der Waals surface area contributed by atoms with E-state index in [9.17, 15) is 17.9 Å². The van der Waals surface area contributed by atoms with Gasteiger partial charge in [0, 0.05) is 17.6 Å². The van der Waals surface area contributed by atoms with Crippen LogP contribution in [0.2, 0.25) is 0 Å². The Bertz CT molecular complexity index is 594. The number of benzene rings is 1. The van der Waals surface area contributed by atoms with Crippen molar-refractivity contribution in [1.82, 2.24) is 4.31 Å². The number of halogens is 2. The third kappa shape index (κ3) is 2.91. The first-order chi connectivity index (χ1) is 8.82. The number of sulfonamides is 1. The van der Waals surface area contributed by atoms with Gasteiger partial charge in [0.1, 0.15) is 5.82 Å². The Labute approximate surface area is 119 Å². The van der Waals surface area contributed by atoms with Gasteiger partial charge in [-0.25, -0.2) is 12.8 Å². The molecule has 19 heavy (non-hydrogen) atoms. The van der Waals surface area contributed by atoms with Gasteiger partial charge >= 0.3 is 0 Å². The van der Waals surface area contributed by atoms with E-state index in [1.165, 1.54) is 4.31 Å². The van der Waals surface area contributed by atoms with Crippen LogP contribution in [0.3, 0.4) is 0 Å². The van der Waals surface area contributed by atoms with Gasteiger partial charge in [-0.05, 0) is 40.9 Å². The number of β-amino-alcohol motifs (C(OH)–C–C–N with tert-alkyl or cyclic N) is 1. The number of rotatable bonds is 2. The first-order valence-electron chi connectivity index (χ1n) is 5.75. The second-order valence-electron chi connectivity index (χ2n) is 4.46. The fourth-order valence-electron chi connectivity index (χ4n) is 2.02. The van der Waals surface area contributed by atoms with Gasteiger partial charge in [0.15, 0.2) is 0 Å². The molecule has 0 aliphatic carbocycles. The molecular formula is C11H14BrFN2O3S. The van der Waals surface area contributed by atoms with Crippen molar-refractivity contribution in [1.29, 1.82) is 0 Å². The average Bonchev–Trinajstić information content (AvgIpc) is 2.33. The number of piperidine rings is 1. The van der Waals surface area contributed by atoms with E-state index in [4.69, 9.17) is 5.73 Å². The highest BCUT2D eigenvalue weighted by Crippen LogP contribution is 2.30. The molecule has 1 aromatic rings. The van der Waals surface area contributed by atoms with Crippen molar-refractivity contribution in [3.05, 3.63) is 22.4 Å². The topological polar surface area (TPSA) is 83.6 Å². The zero-order valence-corrected chi connectivity index (χ0v) is 12.4. The van der Waals surface area contributed by atoms with Crippen LogP contribution in [0.25, 0.3) is 0 Å². The monoisotopic (exact) mass is 352 g/mol. The molecule has 1 saturated heterocycles. The summed E-state index contributed by atoms with van der Waals surface area (Å²) in [6, 6.07) is 2.12. The van der Waals surface area contributed by atoms with E-state index in [-0.39, 0.29) is 21.6 Å². The highest BCUT2D eigenvalue weighted by Gasteiger charge is 2.31. The van der Waals surface area contributed by atoms with Gasteiger partial charge in [0.05, 0.1) is 16.7 Å². The minimum Gasteiger partial charge on any atom is -0.396 e. The molecule has 1 fully saturated rings. The highest BCUT2D eigenvalue weighted by atomic mass is 79.9. The van der Waals surface area contributed by atoms with Crippen LogP contribution in [0.15, 0.2) is 21.5 Å². The summed E-state index contributed by atoms with van der Waals surface area (Å²) in [7, 11) is -3.79. The fourth-order valence-corrected chi connectivity index (χ4v) is 4.55. The Morgan fingerprint density at radius 2 is 2.16 bits per heavy atom. The van der Waals surface area contributed by atoms with Crippen LogP contribution >= 0.6 is 15.9 Å². The maximum atomic E-state index is 13.2. The van der Waals surface area contributed by atoms with Crippen molar-refractivity contribution >= 4 is 31.6 Å². The quantitative estimate of drug-likeness (QED) is 0.786. The van der Waals surface area contributed by atoms with Gasteiger partial charge in [-0.15, -0.1) is 0 Å². The fraction of sp³-hybridized carbons (Fsp3) is 0.455. The first kappa shape index (κ1) is 14.7. The molecule has 0 amide bonds. The molecule has 1 aliphatic rings. The molecule has 1 aromatic carbocycles. The largest absolute Gasteiger partial charge is 0.396 e. The smallest absolute Gasteiger partial charge is 0.244 e. The third-order valence-corrected chi connectivity index (χ3v) is 5.85. The zero-order valence-electron chi connectivity index (χ0n) is 10.0. The molecular weight excluding hydrogens is 339 g/mol. The Morgan fingerprint density at radius 1 is 1.47 bits per heavy atom. The predicted octanol–water partition coefficient (Wildman–Crippen LogP) is 1.32. The van der Waals surface area contributed by atoms with Gasteiger partial charge in [0.25, 0.3) is 0 Å². The Balaban J connectivity index is 2.42. The van der Waals surface area contributed by atoms with Gasteiger partial charge in [-0.3, -0.25) is 0 Å². The third-order valence-electron chi connectivity index (χ3n) is 3.03. The molecule has 0 radical (unpaired) electrons. The molecule has 1 aliphatic heterocycles. The molecule has 0 spiro atoms. The van der Waals surface area contributed by atoms with Gasteiger partial charge in [0.2, 0.25) is 10.0 Å². The molecule has 1 atom stereocenters. The molecule has 5 nitrogen and oxygen atoms in total. The lowest BCUT2D eigenvalue weighted by Gasteiger charge is -2.29. The van der Waals surface area contributed by atoms with Crippen molar-refractivity contribution in [3.8, 4) is 0 Å². The summed E-state index contributed by atoms with van der Waals surface area (Å²) in [6.45, 7) is 0.384. The summed E-state index contributed by atoms with van der Waals surface area (Å²) in [5.74, 6) is -0.676. The number of hydrogen-bond donors (Lipinski definition) is 2. The normalized spacial score (nSPS) is 21.5. The average molecular weight is 353 g/mol. The van der Waals surface area contributed by atoms with Crippen LogP contribution in [0.4, 0.5) is 10.1 Å². The Hall–Kier alpha value is -0.700.